The molecule has 26 heavy (non-hydrogen) atoms. The minimum absolute atomic E-state index is 0.723. The van der Waals surface area contributed by atoms with E-state index in [2.05, 4.69) is 55.5 Å². The van der Waals surface area contributed by atoms with Crippen LogP contribution in [0.25, 0.3) is 0 Å². The maximum Gasteiger partial charge on any atom is 0.119 e. The second kappa shape index (κ2) is 10.1. The standard InChI is InChI=1S/C24H32OS/c1-3-5-19-6-10-21(11-7-19)22-12-16-24(17-13-22)26-18-20-8-14-23(15-9-20)25-4-2/h8-9,12-17,19,21H,3-7,10-11,18H2,1-2H3/t19-,21-. The molecule has 0 bridgehead atoms. The highest BCUT2D eigenvalue weighted by molar-refractivity contribution is 7.98. The third-order valence-corrected chi connectivity index (χ3v) is 6.62. The van der Waals surface area contributed by atoms with Crippen LogP contribution in [-0.2, 0) is 5.75 Å². The van der Waals surface area contributed by atoms with Gasteiger partial charge in [-0.2, -0.15) is 0 Å². The van der Waals surface area contributed by atoms with Gasteiger partial charge in [0.15, 0.2) is 0 Å². The van der Waals surface area contributed by atoms with Gasteiger partial charge in [-0.25, -0.2) is 0 Å². The van der Waals surface area contributed by atoms with Crippen LogP contribution in [0.3, 0.4) is 0 Å². The van der Waals surface area contributed by atoms with Crippen molar-refractivity contribution in [1.82, 2.24) is 0 Å². The minimum Gasteiger partial charge on any atom is -0.494 e. The van der Waals surface area contributed by atoms with Gasteiger partial charge < -0.3 is 4.74 Å². The summed E-state index contributed by atoms with van der Waals surface area (Å²) in [5.74, 6) is 3.74. The molecule has 0 spiro atoms. The summed E-state index contributed by atoms with van der Waals surface area (Å²) in [6.07, 6.45) is 8.37. The first-order chi connectivity index (χ1) is 12.8. The van der Waals surface area contributed by atoms with E-state index in [4.69, 9.17) is 4.74 Å². The van der Waals surface area contributed by atoms with E-state index in [0.29, 0.717) is 0 Å². The average Bonchev–Trinajstić information content (AvgIpc) is 2.69. The van der Waals surface area contributed by atoms with Crippen molar-refractivity contribution >= 4 is 11.8 Å². The Morgan fingerprint density at radius 2 is 1.58 bits per heavy atom. The molecule has 0 radical (unpaired) electrons. The summed E-state index contributed by atoms with van der Waals surface area (Å²) in [4.78, 5) is 1.36. The number of ether oxygens (including phenoxy) is 1. The summed E-state index contributed by atoms with van der Waals surface area (Å²) in [5.41, 5.74) is 2.89. The van der Waals surface area contributed by atoms with Crippen molar-refractivity contribution in [3.8, 4) is 5.75 Å². The average molecular weight is 369 g/mol. The predicted molar refractivity (Wildman–Crippen MR) is 113 cm³/mol. The molecule has 0 atom stereocenters. The molecular formula is C24H32OS. The summed E-state index contributed by atoms with van der Waals surface area (Å²) in [6, 6.07) is 17.8. The lowest BCUT2D eigenvalue weighted by molar-refractivity contribution is 0.308. The van der Waals surface area contributed by atoms with E-state index in [1.165, 1.54) is 49.0 Å². The highest BCUT2D eigenvalue weighted by atomic mass is 32.2. The van der Waals surface area contributed by atoms with Gasteiger partial charge >= 0.3 is 0 Å². The Hall–Kier alpha value is -1.41. The van der Waals surface area contributed by atoms with Crippen LogP contribution in [0, 0.1) is 5.92 Å². The molecule has 0 N–H and O–H groups in total. The number of thioether (sulfide) groups is 1. The van der Waals surface area contributed by atoms with E-state index in [-0.39, 0.29) is 0 Å². The minimum atomic E-state index is 0.723. The molecule has 2 aromatic carbocycles. The second-order valence-electron chi connectivity index (χ2n) is 7.44. The molecule has 0 aliphatic heterocycles. The zero-order chi connectivity index (χ0) is 18.2. The van der Waals surface area contributed by atoms with Crippen molar-refractivity contribution < 1.29 is 4.74 Å². The molecule has 0 aromatic heterocycles. The number of rotatable bonds is 8. The molecule has 2 aromatic rings. The number of hydrogen-bond donors (Lipinski definition) is 0. The zero-order valence-electron chi connectivity index (χ0n) is 16.2. The molecule has 1 fully saturated rings. The quantitative estimate of drug-likeness (QED) is 0.447. The maximum absolute atomic E-state index is 5.51. The second-order valence-corrected chi connectivity index (χ2v) is 8.49. The van der Waals surface area contributed by atoms with E-state index in [1.807, 2.05) is 18.7 Å². The van der Waals surface area contributed by atoms with Crippen molar-refractivity contribution in [2.75, 3.05) is 6.61 Å². The molecule has 1 aliphatic rings. The fourth-order valence-corrected chi connectivity index (χ4v) is 4.90. The first-order valence-corrected chi connectivity index (χ1v) is 11.2. The molecule has 1 saturated carbocycles. The van der Waals surface area contributed by atoms with E-state index in [1.54, 1.807) is 5.56 Å². The van der Waals surface area contributed by atoms with E-state index >= 15 is 0 Å². The van der Waals surface area contributed by atoms with Crippen LogP contribution in [-0.4, -0.2) is 6.61 Å². The third kappa shape index (κ3) is 5.54. The van der Waals surface area contributed by atoms with Crippen molar-refractivity contribution in [1.29, 1.82) is 0 Å². The molecule has 0 saturated heterocycles. The molecule has 0 amide bonds. The number of benzene rings is 2. The van der Waals surface area contributed by atoms with Gasteiger partial charge in [0, 0.05) is 10.6 Å². The van der Waals surface area contributed by atoms with Crippen LogP contribution in [0.5, 0.6) is 5.75 Å². The molecule has 1 nitrogen and oxygen atoms in total. The van der Waals surface area contributed by atoms with Crippen molar-refractivity contribution in [3.63, 3.8) is 0 Å². The SMILES string of the molecule is CCC[C@H]1CC[C@H](c2ccc(SCc3ccc(OCC)cc3)cc2)CC1. The summed E-state index contributed by atoms with van der Waals surface area (Å²) < 4.78 is 5.51. The van der Waals surface area contributed by atoms with Crippen molar-refractivity contribution in [2.45, 2.75) is 68.9 Å². The van der Waals surface area contributed by atoms with Gasteiger partial charge in [0.05, 0.1) is 6.61 Å². The Morgan fingerprint density at radius 1 is 0.885 bits per heavy atom. The van der Waals surface area contributed by atoms with Gasteiger partial charge in [0.2, 0.25) is 0 Å². The van der Waals surface area contributed by atoms with Crippen LogP contribution < -0.4 is 4.74 Å². The lowest BCUT2D eigenvalue weighted by Gasteiger charge is -2.28. The molecule has 0 unspecified atom stereocenters. The zero-order valence-corrected chi connectivity index (χ0v) is 17.1. The van der Waals surface area contributed by atoms with Gasteiger partial charge in [-0.15, -0.1) is 11.8 Å². The van der Waals surface area contributed by atoms with Gasteiger partial charge in [0.1, 0.15) is 5.75 Å². The molecule has 140 valence electrons. The van der Waals surface area contributed by atoms with E-state index in [0.717, 1.165) is 29.9 Å². The summed E-state index contributed by atoms with van der Waals surface area (Å²) in [7, 11) is 0. The number of hydrogen-bond acceptors (Lipinski definition) is 2. The lowest BCUT2D eigenvalue weighted by atomic mass is 9.77. The van der Waals surface area contributed by atoms with E-state index < -0.39 is 0 Å². The monoisotopic (exact) mass is 368 g/mol. The smallest absolute Gasteiger partial charge is 0.119 e. The lowest BCUT2D eigenvalue weighted by Crippen LogP contribution is -2.13. The summed E-state index contributed by atoms with van der Waals surface area (Å²) in [5, 5.41) is 0. The fraction of sp³-hybridized carbons (Fsp3) is 0.500. The Kier molecular flexibility index (Phi) is 7.49. The van der Waals surface area contributed by atoms with Crippen LogP contribution in [0.15, 0.2) is 53.4 Å². The first kappa shape index (κ1) is 19.4. The largest absolute Gasteiger partial charge is 0.494 e. The van der Waals surface area contributed by atoms with Gasteiger partial charge in [-0.3, -0.25) is 0 Å². The van der Waals surface area contributed by atoms with Crippen LogP contribution in [0.2, 0.25) is 0 Å². The van der Waals surface area contributed by atoms with Crippen molar-refractivity contribution in [2.24, 2.45) is 5.92 Å². The molecule has 2 heteroatoms. The van der Waals surface area contributed by atoms with E-state index in [9.17, 15) is 0 Å². The Bertz CT molecular complexity index is 639. The third-order valence-electron chi connectivity index (χ3n) is 5.54. The molecule has 0 heterocycles. The van der Waals surface area contributed by atoms with Gasteiger partial charge in [0.25, 0.3) is 0 Å². The molecular weight excluding hydrogens is 336 g/mol. The highest BCUT2D eigenvalue weighted by Crippen LogP contribution is 2.38. The molecule has 3 rings (SSSR count). The maximum atomic E-state index is 5.51. The first-order valence-electron chi connectivity index (χ1n) is 10.2. The van der Waals surface area contributed by atoms with Crippen LogP contribution >= 0.6 is 11.8 Å². The van der Waals surface area contributed by atoms with Gasteiger partial charge in [-0.1, -0.05) is 44.0 Å². The van der Waals surface area contributed by atoms with Crippen LogP contribution in [0.1, 0.15) is 69.4 Å². The highest BCUT2D eigenvalue weighted by Gasteiger charge is 2.21. The Balaban J connectivity index is 1.48. The topological polar surface area (TPSA) is 9.23 Å². The summed E-state index contributed by atoms with van der Waals surface area (Å²) >= 11 is 1.91. The normalized spacial score (nSPS) is 20.1. The Morgan fingerprint density at radius 3 is 2.19 bits per heavy atom. The predicted octanol–water partition coefficient (Wildman–Crippen LogP) is 7.45. The van der Waals surface area contributed by atoms with Gasteiger partial charge in [-0.05, 0) is 79.8 Å². The Labute approximate surface area is 163 Å². The van der Waals surface area contributed by atoms with Crippen molar-refractivity contribution in [3.05, 3.63) is 59.7 Å². The van der Waals surface area contributed by atoms with Crippen LogP contribution in [0.4, 0.5) is 0 Å². The summed E-state index contributed by atoms with van der Waals surface area (Å²) in [6.45, 7) is 5.06. The fourth-order valence-electron chi connectivity index (χ4n) is 4.04. The molecule has 1 aliphatic carbocycles.